The van der Waals surface area contributed by atoms with E-state index in [1.54, 1.807) is 11.3 Å². The molecule has 37 heavy (non-hydrogen) atoms. The van der Waals surface area contributed by atoms with Gasteiger partial charge in [-0.15, -0.1) is 11.3 Å². The van der Waals surface area contributed by atoms with Crippen LogP contribution in [0, 0.1) is 0 Å². The number of likely N-dealkylation sites (tertiary alicyclic amines) is 1. The lowest BCUT2D eigenvalue weighted by molar-refractivity contribution is 0.0933. The van der Waals surface area contributed by atoms with Crippen molar-refractivity contribution in [2.24, 2.45) is 0 Å². The molecule has 0 unspecified atom stereocenters. The highest BCUT2D eigenvalue weighted by atomic mass is 32.1. The molecule has 0 saturated carbocycles. The van der Waals surface area contributed by atoms with Gasteiger partial charge in [0.1, 0.15) is 0 Å². The van der Waals surface area contributed by atoms with Crippen molar-refractivity contribution in [3.63, 3.8) is 0 Å². The Morgan fingerprint density at radius 1 is 0.946 bits per heavy atom. The van der Waals surface area contributed by atoms with Gasteiger partial charge in [-0.3, -0.25) is 14.5 Å². The highest BCUT2D eigenvalue weighted by molar-refractivity contribution is 7.16. The molecule has 1 aromatic heterocycles. The Kier molecular flexibility index (Phi) is 6.90. The minimum Gasteiger partial charge on any atom is -0.345 e. The van der Waals surface area contributed by atoms with Gasteiger partial charge in [0.15, 0.2) is 5.43 Å². The minimum absolute atomic E-state index is 0.00785. The summed E-state index contributed by atoms with van der Waals surface area (Å²) in [4.78, 5) is 29.0. The van der Waals surface area contributed by atoms with Crippen LogP contribution in [0.2, 0.25) is 0 Å². The Bertz CT molecular complexity index is 1500. The molecule has 1 saturated heterocycles. The normalized spacial score (nSPS) is 17.9. The molecule has 4 nitrogen and oxygen atoms in total. The minimum atomic E-state index is -0.0889. The molecule has 188 valence electrons. The SMILES string of the molecule is O=C(N[C@@H]1CCCc2cc(CN3CCCCC3)ccc21)c1cccc(-c2csc3ccccc3c2=O)c1. The maximum atomic E-state index is 13.3. The number of amides is 1. The Hall–Kier alpha value is -3.28. The summed E-state index contributed by atoms with van der Waals surface area (Å²) in [6.07, 6.45) is 7.05. The molecular weight excluding hydrogens is 476 g/mol. The summed E-state index contributed by atoms with van der Waals surface area (Å²) in [5, 5.41) is 5.91. The predicted molar refractivity (Wildman–Crippen MR) is 152 cm³/mol. The van der Waals surface area contributed by atoms with Gasteiger partial charge in [-0.1, -0.05) is 48.9 Å². The average molecular weight is 509 g/mol. The second-order valence-electron chi connectivity index (χ2n) is 10.3. The molecule has 2 heterocycles. The van der Waals surface area contributed by atoms with Crippen LogP contribution in [0.15, 0.2) is 76.9 Å². The first-order valence-electron chi connectivity index (χ1n) is 13.4. The van der Waals surface area contributed by atoms with Crippen LogP contribution in [0.3, 0.4) is 0 Å². The standard InChI is InChI=1S/C32H32N2O2S/c35-31-27-11-2-3-13-30(27)37-21-28(31)24-8-6-10-25(19-24)32(36)33-29-12-7-9-23-18-22(14-15-26(23)29)20-34-16-4-1-5-17-34/h2-3,6,8,10-11,13-15,18-19,21,29H,1,4-5,7,9,12,16-17,20H2,(H,33,36)/t29-/m1/s1. The first kappa shape index (κ1) is 24.1. The zero-order valence-electron chi connectivity index (χ0n) is 21.0. The number of benzene rings is 3. The predicted octanol–water partition coefficient (Wildman–Crippen LogP) is 6.72. The van der Waals surface area contributed by atoms with E-state index in [4.69, 9.17) is 0 Å². The van der Waals surface area contributed by atoms with Gasteiger partial charge < -0.3 is 5.32 Å². The van der Waals surface area contributed by atoms with E-state index in [1.807, 2.05) is 53.9 Å². The average Bonchev–Trinajstić information content (AvgIpc) is 2.94. The van der Waals surface area contributed by atoms with Gasteiger partial charge in [0.05, 0.1) is 6.04 Å². The largest absolute Gasteiger partial charge is 0.345 e. The fourth-order valence-corrected chi connectivity index (χ4v) is 6.77. The third-order valence-corrected chi connectivity index (χ3v) is 8.76. The van der Waals surface area contributed by atoms with Gasteiger partial charge in [0, 0.05) is 33.1 Å². The Labute approximate surface area is 222 Å². The number of nitrogens with one attached hydrogen (secondary N) is 1. The Morgan fingerprint density at radius 2 is 1.81 bits per heavy atom. The lowest BCUT2D eigenvalue weighted by Crippen LogP contribution is -2.31. The van der Waals surface area contributed by atoms with Crippen molar-refractivity contribution in [2.75, 3.05) is 13.1 Å². The number of rotatable bonds is 5. The summed E-state index contributed by atoms with van der Waals surface area (Å²) >= 11 is 1.56. The van der Waals surface area contributed by atoms with Gasteiger partial charge in [0.25, 0.3) is 5.91 Å². The molecule has 0 spiro atoms. The second kappa shape index (κ2) is 10.6. The number of hydrogen-bond acceptors (Lipinski definition) is 4. The molecule has 1 N–H and O–H groups in total. The Balaban J connectivity index is 1.21. The van der Waals surface area contributed by atoms with Crippen LogP contribution in [0.5, 0.6) is 0 Å². The third-order valence-electron chi connectivity index (χ3n) is 7.80. The van der Waals surface area contributed by atoms with Crippen molar-refractivity contribution in [3.05, 3.63) is 105 Å². The fourth-order valence-electron chi connectivity index (χ4n) is 5.84. The molecule has 5 heteroatoms. The van der Waals surface area contributed by atoms with E-state index in [-0.39, 0.29) is 17.4 Å². The van der Waals surface area contributed by atoms with E-state index < -0.39 is 0 Å². The quantitative estimate of drug-likeness (QED) is 0.325. The summed E-state index contributed by atoms with van der Waals surface area (Å²) < 4.78 is 0.972. The molecule has 1 atom stereocenters. The van der Waals surface area contributed by atoms with Crippen molar-refractivity contribution >= 4 is 27.3 Å². The summed E-state index contributed by atoms with van der Waals surface area (Å²) in [7, 11) is 0. The fraction of sp³-hybridized carbons (Fsp3) is 0.312. The van der Waals surface area contributed by atoms with E-state index in [9.17, 15) is 9.59 Å². The molecule has 1 amide bonds. The molecule has 1 aliphatic carbocycles. The van der Waals surface area contributed by atoms with Crippen molar-refractivity contribution in [1.82, 2.24) is 10.2 Å². The topological polar surface area (TPSA) is 49.4 Å². The van der Waals surface area contributed by atoms with Crippen LogP contribution in [-0.2, 0) is 13.0 Å². The molecule has 1 fully saturated rings. The van der Waals surface area contributed by atoms with Crippen molar-refractivity contribution in [1.29, 1.82) is 0 Å². The number of fused-ring (bicyclic) bond motifs is 2. The number of aryl methyl sites for hydroxylation is 1. The molecule has 2 aliphatic rings. The van der Waals surface area contributed by atoms with Crippen molar-refractivity contribution < 1.29 is 4.79 Å². The number of nitrogens with zero attached hydrogens (tertiary/aromatic N) is 1. The number of hydrogen-bond donors (Lipinski definition) is 1. The lowest BCUT2D eigenvalue weighted by atomic mass is 9.86. The van der Waals surface area contributed by atoms with Gasteiger partial charge in [-0.05, 0) is 91.7 Å². The van der Waals surface area contributed by atoms with Crippen LogP contribution in [0.25, 0.3) is 21.2 Å². The summed E-state index contributed by atoms with van der Waals surface area (Å²) in [5.41, 5.74) is 6.01. The summed E-state index contributed by atoms with van der Waals surface area (Å²) in [5.74, 6) is -0.0889. The Morgan fingerprint density at radius 3 is 2.70 bits per heavy atom. The van der Waals surface area contributed by atoms with Gasteiger partial charge in [-0.25, -0.2) is 0 Å². The van der Waals surface area contributed by atoms with E-state index in [0.29, 0.717) is 11.1 Å². The molecule has 0 bridgehead atoms. The first-order chi connectivity index (χ1) is 18.2. The van der Waals surface area contributed by atoms with E-state index in [2.05, 4.69) is 28.4 Å². The number of carbonyl (C=O) groups excluding carboxylic acids is 1. The van der Waals surface area contributed by atoms with Crippen molar-refractivity contribution in [2.45, 2.75) is 51.1 Å². The molecule has 4 aromatic rings. The molecule has 6 rings (SSSR count). The third kappa shape index (κ3) is 5.11. The molecule has 3 aromatic carbocycles. The highest BCUT2D eigenvalue weighted by Crippen LogP contribution is 2.31. The van der Waals surface area contributed by atoms with Crippen LogP contribution >= 0.6 is 11.3 Å². The monoisotopic (exact) mass is 508 g/mol. The lowest BCUT2D eigenvalue weighted by Gasteiger charge is -2.29. The van der Waals surface area contributed by atoms with Crippen LogP contribution in [-0.4, -0.2) is 23.9 Å². The van der Waals surface area contributed by atoms with E-state index >= 15 is 0 Å². The second-order valence-corrected chi connectivity index (χ2v) is 11.3. The zero-order valence-corrected chi connectivity index (χ0v) is 21.9. The summed E-state index contributed by atoms with van der Waals surface area (Å²) in [6, 6.07) is 22.0. The van der Waals surface area contributed by atoms with Crippen LogP contribution in [0.4, 0.5) is 0 Å². The number of carbonyl (C=O) groups is 1. The molecule has 1 aliphatic heterocycles. The maximum absolute atomic E-state index is 13.3. The van der Waals surface area contributed by atoms with E-state index in [0.717, 1.165) is 41.5 Å². The van der Waals surface area contributed by atoms with Gasteiger partial charge in [0.2, 0.25) is 0 Å². The smallest absolute Gasteiger partial charge is 0.251 e. The highest BCUT2D eigenvalue weighted by Gasteiger charge is 2.23. The van der Waals surface area contributed by atoms with Gasteiger partial charge in [-0.2, -0.15) is 0 Å². The maximum Gasteiger partial charge on any atom is 0.251 e. The van der Waals surface area contributed by atoms with Crippen LogP contribution < -0.4 is 10.7 Å². The van der Waals surface area contributed by atoms with Crippen LogP contribution in [0.1, 0.15) is 65.2 Å². The zero-order chi connectivity index (χ0) is 25.2. The summed E-state index contributed by atoms with van der Waals surface area (Å²) in [6.45, 7) is 3.42. The molecular formula is C32H32N2O2S. The number of piperidine rings is 1. The molecule has 0 radical (unpaired) electrons. The van der Waals surface area contributed by atoms with Crippen molar-refractivity contribution in [3.8, 4) is 11.1 Å². The van der Waals surface area contributed by atoms with E-state index in [1.165, 1.54) is 49.0 Å². The van der Waals surface area contributed by atoms with Gasteiger partial charge >= 0.3 is 0 Å². The first-order valence-corrected chi connectivity index (χ1v) is 14.3.